The monoisotopic (exact) mass is 501 g/mol. The van der Waals surface area contributed by atoms with E-state index in [1.54, 1.807) is 12.1 Å². The highest BCUT2D eigenvalue weighted by Crippen LogP contribution is 2.40. The molecule has 0 bridgehead atoms. The van der Waals surface area contributed by atoms with Gasteiger partial charge in [-0.3, -0.25) is 4.79 Å². The molecule has 2 aromatic rings. The van der Waals surface area contributed by atoms with Gasteiger partial charge in [0.1, 0.15) is 11.6 Å². The number of hydrogen-bond donors (Lipinski definition) is 1. The van der Waals surface area contributed by atoms with Crippen molar-refractivity contribution in [2.24, 2.45) is 0 Å². The smallest absolute Gasteiger partial charge is 0.258 e. The fraction of sp³-hybridized carbons (Fsp3) is 0.435. The maximum absolute atomic E-state index is 11.7. The van der Waals surface area contributed by atoms with Crippen LogP contribution in [0.4, 0.5) is 0 Å². The molecule has 0 heterocycles. The third kappa shape index (κ3) is 7.57. The summed E-state index contributed by atoms with van der Waals surface area (Å²) in [4.78, 5) is 11.7. The van der Waals surface area contributed by atoms with Gasteiger partial charge >= 0.3 is 0 Å². The van der Waals surface area contributed by atoms with E-state index in [4.69, 9.17) is 32.7 Å². The largest absolute Gasteiger partial charge is 0.490 e. The van der Waals surface area contributed by atoms with Gasteiger partial charge < -0.3 is 14.8 Å². The molecule has 0 aliphatic carbocycles. The number of nitrogens with one attached hydrogen (secondary N) is 1. The lowest BCUT2D eigenvalue weighted by atomic mass is 9.78. The van der Waals surface area contributed by atoms with E-state index in [2.05, 4.69) is 26.1 Å². The highest BCUT2D eigenvalue weighted by molar-refractivity contribution is 7.90. The molecule has 2 rings (SSSR count). The van der Waals surface area contributed by atoms with Gasteiger partial charge in [-0.15, -0.1) is 0 Å². The van der Waals surface area contributed by atoms with Crippen molar-refractivity contribution in [1.29, 1.82) is 0 Å². The van der Waals surface area contributed by atoms with Crippen LogP contribution in [0.2, 0.25) is 10.0 Å². The molecular formula is C23H29Cl2NO5S. The van der Waals surface area contributed by atoms with Crippen molar-refractivity contribution in [1.82, 2.24) is 5.32 Å². The first-order valence-corrected chi connectivity index (χ1v) is 13.1. The molecule has 6 nitrogen and oxygen atoms in total. The molecule has 2 aromatic carbocycles. The summed E-state index contributed by atoms with van der Waals surface area (Å²) in [5, 5.41) is 3.23. The standard InChI is InChI=1S/C23H29Cl2NO5S/c1-5-6-11-30-22-19(24)12-17(13-20(22)25)23(2,3)16-7-9-18(10-8-16)31-14-21(27)26-15-32(4,28)29/h7-10,12-13H,5-6,11,14-15H2,1-4H3,(H,26,27). The van der Waals surface area contributed by atoms with Gasteiger partial charge in [-0.05, 0) is 41.8 Å². The lowest BCUT2D eigenvalue weighted by Crippen LogP contribution is -2.32. The van der Waals surface area contributed by atoms with Gasteiger partial charge in [0.2, 0.25) is 0 Å². The van der Waals surface area contributed by atoms with Gasteiger partial charge in [-0.1, -0.05) is 62.5 Å². The van der Waals surface area contributed by atoms with Crippen molar-refractivity contribution in [2.75, 3.05) is 25.3 Å². The number of hydrogen-bond acceptors (Lipinski definition) is 5. The van der Waals surface area contributed by atoms with Crippen molar-refractivity contribution in [3.63, 3.8) is 0 Å². The molecule has 1 amide bonds. The predicted molar refractivity (Wildman–Crippen MR) is 129 cm³/mol. The van der Waals surface area contributed by atoms with Gasteiger partial charge in [-0.25, -0.2) is 8.42 Å². The quantitative estimate of drug-likeness (QED) is 0.438. The Bertz CT molecular complexity index is 1010. The minimum absolute atomic E-state index is 0.275. The second kappa shape index (κ2) is 11.3. The summed E-state index contributed by atoms with van der Waals surface area (Å²) in [6.45, 7) is 6.49. The number of amides is 1. The molecule has 0 spiro atoms. The summed E-state index contributed by atoms with van der Waals surface area (Å²) in [5.41, 5.74) is 1.53. The zero-order valence-electron chi connectivity index (χ0n) is 18.7. The zero-order chi connectivity index (χ0) is 23.9. The molecule has 0 fully saturated rings. The molecule has 32 heavy (non-hydrogen) atoms. The molecule has 0 saturated carbocycles. The molecule has 0 saturated heterocycles. The van der Waals surface area contributed by atoms with Crippen molar-refractivity contribution in [3.05, 3.63) is 57.6 Å². The summed E-state index contributed by atoms with van der Waals surface area (Å²) in [5.74, 6) is 0.0648. The van der Waals surface area contributed by atoms with E-state index in [0.717, 1.165) is 30.2 Å². The van der Waals surface area contributed by atoms with Gasteiger partial charge in [0.15, 0.2) is 22.2 Å². The Morgan fingerprint density at radius 3 is 2.16 bits per heavy atom. The summed E-state index contributed by atoms with van der Waals surface area (Å²) in [6.07, 6.45) is 2.99. The van der Waals surface area contributed by atoms with Crippen molar-refractivity contribution >= 4 is 38.9 Å². The average Bonchev–Trinajstić information content (AvgIpc) is 2.72. The Kier molecular flexibility index (Phi) is 9.25. The molecule has 0 radical (unpaired) electrons. The van der Waals surface area contributed by atoms with Gasteiger partial charge in [0.05, 0.1) is 16.7 Å². The molecule has 176 valence electrons. The van der Waals surface area contributed by atoms with Crippen molar-refractivity contribution < 1.29 is 22.7 Å². The normalized spacial score (nSPS) is 11.8. The average molecular weight is 502 g/mol. The van der Waals surface area contributed by atoms with Crippen LogP contribution in [0, 0.1) is 0 Å². The lowest BCUT2D eigenvalue weighted by molar-refractivity contribution is -0.122. The van der Waals surface area contributed by atoms with Crippen LogP contribution >= 0.6 is 23.2 Å². The number of unbranched alkanes of at least 4 members (excludes halogenated alkanes) is 1. The van der Waals surface area contributed by atoms with Crippen molar-refractivity contribution in [2.45, 2.75) is 39.0 Å². The Morgan fingerprint density at radius 2 is 1.62 bits per heavy atom. The van der Waals surface area contributed by atoms with E-state index in [9.17, 15) is 13.2 Å². The first-order valence-electron chi connectivity index (χ1n) is 10.2. The maximum atomic E-state index is 11.7. The number of halogens is 2. The predicted octanol–water partition coefficient (Wildman–Crippen LogP) is 5.00. The summed E-state index contributed by atoms with van der Waals surface area (Å²) < 4.78 is 33.4. The van der Waals surface area contributed by atoms with Gasteiger partial charge in [-0.2, -0.15) is 0 Å². The number of benzene rings is 2. The van der Waals surface area contributed by atoms with Crippen molar-refractivity contribution in [3.8, 4) is 11.5 Å². The van der Waals surface area contributed by atoms with E-state index >= 15 is 0 Å². The number of ether oxygens (including phenoxy) is 2. The van der Waals surface area contributed by atoms with Gasteiger partial charge in [0.25, 0.3) is 5.91 Å². The van der Waals surface area contributed by atoms with Crippen LogP contribution in [-0.2, 0) is 20.0 Å². The van der Waals surface area contributed by atoms with E-state index in [-0.39, 0.29) is 6.61 Å². The van der Waals surface area contributed by atoms with Crippen LogP contribution < -0.4 is 14.8 Å². The van der Waals surface area contributed by atoms with E-state index < -0.39 is 27.0 Å². The fourth-order valence-corrected chi connectivity index (χ4v) is 3.94. The van der Waals surface area contributed by atoms with Crippen LogP contribution in [0.5, 0.6) is 11.5 Å². The minimum Gasteiger partial charge on any atom is -0.490 e. The fourth-order valence-electron chi connectivity index (χ4n) is 2.92. The zero-order valence-corrected chi connectivity index (χ0v) is 21.0. The van der Waals surface area contributed by atoms with Crippen LogP contribution in [0.3, 0.4) is 0 Å². The Hall–Kier alpha value is -1.96. The Balaban J connectivity index is 2.08. The Morgan fingerprint density at radius 1 is 1.03 bits per heavy atom. The van der Waals surface area contributed by atoms with E-state index in [0.29, 0.717) is 28.2 Å². The van der Waals surface area contributed by atoms with E-state index in [1.807, 2.05) is 24.3 Å². The molecule has 0 atom stereocenters. The topological polar surface area (TPSA) is 81.7 Å². The molecule has 0 aliphatic rings. The molecule has 0 aliphatic heterocycles. The van der Waals surface area contributed by atoms with Gasteiger partial charge in [0, 0.05) is 11.7 Å². The van der Waals surface area contributed by atoms with Crippen LogP contribution in [0.15, 0.2) is 36.4 Å². The van der Waals surface area contributed by atoms with Crippen LogP contribution in [0.1, 0.15) is 44.7 Å². The number of carbonyl (C=O) groups is 1. The highest BCUT2D eigenvalue weighted by atomic mass is 35.5. The molecular weight excluding hydrogens is 473 g/mol. The van der Waals surface area contributed by atoms with E-state index in [1.165, 1.54) is 0 Å². The molecule has 0 aromatic heterocycles. The number of carbonyl (C=O) groups excluding carboxylic acids is 1. The first kappa shape index (κ1) is 26.3. The molecule has 9 heteroatoms. The van der Waals surface area contributed by atoms with Crippen LogP contribution in [0.25, 0.3) is 0 Å². The first-order chi connectivity index (χ1) is 14.9. The second-order valence-corrected chi connectivity index (χ2v) is 11.0. The summed E-state index contributed by atoms with van der Waals surface area (Å²) >= 11 is 12.9. The minimum atomic E-state index is -3.28. The third-order valence-electron chi connectivity index (χ3n) is 4.94. The SMILES string of the molecule is CCCCOc1c(Cl)cc(C(C)(C)c2ccc(OCC(=O)NCS(C)(=O)=O)cc2)cc1Cl. The lowest BCUT2D eigenvalue weighted by Gasteiger charge is -2.27. The Labute approximate surface area is 200 Å². The third-order valence-corrected chi connectivity index (χ3v) is 6.17. The summed E-state index contributed by atoms with van der Waals surface area (Å²) in [6, 6.07) is 11.0. The number of sulfone groups is 1. The molecule has 0 unspecified atom stereocenters. The number of rotatable bonds is 11. The second-order valence-electron chi connectivity index (χ2n) is 8.08. The maximum Gasteiger partial charge on any atom is 0.258 e. The van der Waals surface area contributed by atoms with Crippen LogP contribution in [-0.4, -0.2) is 39.7 Å². The molecule has 1 N–H and O–H groups in total. The highest BCUT2D eigenvalue weighted by Gasteiger charge is 2.25. The summed E-state index contributed by atoms with van der Waals surface area (Å²) in [7, 11) is -3.28.